The molecule has 2 aliphatic rings. The molecule has 2 heterocycles. The van der Waals surface area contributed by atoms with Crippen LogP contribution in [-0.2, 0) is 9.59 Å². The Kier molecular flexibility index (Phi) is 4.85. The van der Waals surface area contributed by atoms with Crippen molar-refractivity contribution in [1.82, 2.24) is 9.80 Å². The van der Waals surface area contributed by atoms with Gasteiger partial charge in [0, 0.05) is 30.9 Å². The molecule has 2 amide bonds. The predicted octanol–water partition coefficient (Wildman–Crippen LogP) is 2.16. The minimum absolute atomic E-state index is 0.101. The number of hydrogen-bond acceptors (Lipinski definition) is 3. The second kappa shape index (κ2) is 6.89. The summed E-state index contributed by atoms with van der Waals surface area (Å²) in [6.07, 6.45) is 2.81. The van der Waals surface area contributed by atoms with Crippen LogP contribution in [0.4, 0.5) is 10.1 Å². The van der Waals surface area contributed by atoms with E-state index in [2.05, 4.69) is 17.1 Å². The number of benzene rings is 1. The number of amides is 2. The Morgan fingerprint density at radius 3 is 2.75 bits per heavy atom. The van der Waals surface area contributed by atoms with E-state index in [9.17, 15) is 14.0 Å². The van der Waals surface area contributed by atoms with Crippen molar-refractivity contribution in [2.75, 3.05) is 25.0 Å². The maximum Gasteiger partial charge on any atom is 0.313 e. The Balaban J connectivity index is 1.73. The molecule has 0 unspecified atom stereocenters. The number of anilines is 1. The van der Waals surface area contributed by atoms with Crippen LogP contribution in [0.1, 0.15) is 31.7 Å². The van der Waals surface area contributed by atoms with Gasteiger partial charge in [-0.2, -0.15) is 0 Å². The summed E-state index contributed by atoms with van der Waals surface area (Å²) in [7, 11) is 0. The van der Waals surface area contributed by atoms with E-state index >= 15 is 0 Å². The van der Waals surface area contributed by atoms with Crippen LogP contribution < -0.4 is 5.32 Å². The Morgan fingerprint density at radius 2 is 2.00 bits per heavy atom. The Morgan fingerprint density at radius 1 is 1.25 bits per heavy atom. The minimum Gasteiger partial charge on any atom is -0.327 e. The van der Waals surface area contributed by atoms with E-state index in [1.54, 1.807) is 17.9 Å². The van der Waals surface area contributed by atoms with Gasteiger partial charge in [-0.3, -0.25) is 9.59 Å². The van der Waals surface area contributed by atoms with Crippen molar-refractivity contribution in [3.05, 3.63) is 29.6 Å². The number of halogens is 1. The molecule has 2 fully saturated rings. The van der Waals surface area contributed by atoms with Crippen molar-refractivity contribution in [2.24, 2.45) is 0 Å². The van der Waals surface area contributed by atoms with Crippen molar-refractivity contribution in [3.63, 3.8) is 0 Å². The lowest BCUT2D eigenvalue weighted by Crippen LogP contribution is -2.47. The SMILES string of the molecule is CCN1CC[C@H]2CC[C@@H](C1)N2C(=O)C(=O)Nc1cc(F)ccc1C. The molecule has 3 rings (SSSR count). The third-order valence-corrected chi connectivity index (χ3v) is 5.19. The molecule has 130 valence electrons. The predicted molar refractivity (Wildman–Crippen MR) is 90.2 cm³/mol. The number of nitrogens with zero attached hydrogens (tertiary/aromatic N) is 2. The monoisotopic (exact) mass is 333 g/mol. The number of fused-ring (bicyclic) bond motifs is 2. The molecule has 2 saturated heterocycles. The third kappa shape index (κ3) is 3.29. The number of hydrogen-bond donors (Lipinski definition) is 1. The Hall–Kier alpha value is -1.95. The number of aryl methyl sites for hydroxylation is 1. The van der Waals surface area contributed by atoms with Crippen LogP contribution in [-0.4, -0.2) is 53.3 Å². The van der Waals surface area contributed by atoms with Crippen molar-refractivity contribution in [3.8, 4) is 0 Å². The summed E-state index contributed by atoms with van der Waals surface area (Å²) in [5, 5.41) is 2.58. The van der Waals surface area contributed by atoms with E-state index in [-0.39, 0.29) is 12.1 Å². The smallest absolute Gasteiger partial charge is 0.313 e. The van der Waals surface area contributed by atoms with Crippen LogP contribution >= 0.6 is 0 Å². The molecule has 5 nitrogen and oxygen atoms in total. The maximum atomic E-state index is 13.4. The first kappa shape index (κ1) is 16.9. The topological polar surface area (TPSA) is 52.7 Å². The van der Waals surface area contributed by atoms with Crippen LogP contribution in [0, 0.1) is 12.7 Å². The van der Waals surface area contributed by atoms with Gasteiger partial charge in [0.25, 0.3) is 0 Å². The first-order valence-electron chi connectivity index (χ1n) is 8.61. The van der Waals surface area contributed by atoms with Crippen molar-refractivity contribution in [2.45, 2.75) is 45.2 Å². The Bertz CT molecular complexity index is 649. The summed E-state index contributed by atoms with van der Waals surface area (Å²) < 4.78 is 13.4. The lowest BCUT2D eigenvalue weighted by molar-refractivity contribution is -0.145. The van der Waals surface area contributed by atoms with Gasteiger partial charge in [-0.15, -0.1) is 0 Å². The highest BCUT2D eigenvalue weighted by Gasteiger charge is 2.41. The van der Waals surface area contributed by atoms with Crippen molar-refractivity contribution < 1.29 is 14.0 Å². The molecular formula is C18H24FN3O2. The van der Waals surface area contributed by atoms with Crippen LogP contribution in [0.15, 0.2) is 18.2 Å². The quantitative estimate of drug-likeness (QED) is 0.844. The molecule has 6 heteroatoms. The van der Waals surface area contributed by atoms with Gasteiger partial charge in [-0.25, -0.2) is 4.39 Å². The second-order valence-corrected chi connectivity index (χ2v) is 6.69. The second-order valence-electron chi connectivity index (χ2n) is 6.69. The third-order valence-electron chi connectivity index (χ3n) is 5.19. The summed E-state index contributed by atoms with van der Waals surface area (Å²) in [6.45, 7) is 6.63. The standard InChI is InChI=1S/C18H24FN3O2/c1-3-21-9-8-14-6-7-15(11-21)22(14)18(24)17(23)20-16-10-13(19)5-4-12(16)2/h4-5,10,14-15H,3,6-9,11H2,1-2H3,(H,20,23)/t14-,15+/m1/s1. The zero-order valence-electron chi connectivity index (χ0n) is 14.2. The number of rotatable bonds is 2. The average molecular weight is 333 g/mol. The minimum atomic E-state index is -0.675. The molecule has 1 aromatic carbocycles. The van der Waals surface area contributed by atoms with Crippen LogP contribution in [0.25, 0.3) is 0 Å². The van der Waals surface area contributed by atoms with Crippen molar-refractivity contribution in [1.29, 1.82) is 0 Å². The highest BCUT2D eigenvalue weighted by Crippen LogP contribution is 2.30. The van der Waals surface area contributed by atoms with Crippen LogP contribution in [0.5, 0.6) is 0 Å². The number of likely N-dealkylation sites (N-methyl/N-ethyl adjacent to an activating group) is 1. The van der Waals surface area contributed by atoms with Gasteiger partial charge >= 0.3 is 11.8 Å². The van der Waals surface area contributed by atoms with Gasteiger partial charge in [0.05, 0.1) is 0 Å². The Labute approximate surface area is 141 Å². The largest absolute Gasteiger partial charge is 0.327 e. The first-order chi connectivity index (χ1) is 11.5. The number of likely N-dealkylation sites (tertiary alicyclic amines) is 1. The van der Waals surface area contributed by atoms with Gasteiger partial charge < -0.3 is 15.1 Å². The fraction of sp³-hybridized carbons (Fsp3) is 0.556. The van der Waals surface area contributed by atoms with Crippen LogP contribution in [0.3, 0.4) is 0 Å². The van der Waals surface area contributed by atoms with Gasteiger partial charge in [-0.05, 0) is 50.4 Å². The summed E-state index contributed by atoms with van der Waals surface area (Å²) in [4.78, 5) is 29.2. The van der Waals surface area contributed by atoms with E-state index in [1.807, 2.05) is 0 Å². The molecule has 2 atom stereocenters. The molecule has 1 aromatic rings. The van der Waals surface area contributed by atoms with Gasteiger partial charge in [0.1, 0.15) is 5.82 Å². The highest BCUT2D eigenvalue weighted by atomic mass is 19.1. The molecule has 0 aliphatic carbocycles. The van der Waals surface area contributed by atoms with Gasteiger partial charge in [0.2, 0.25) is 0 Å². The maximum absolute atomic E-state index is 13.4. The van der Waals surface area contributed by atoms with E-state index in [4.69, 9.17) is 0 Å². The lowest BCUT2D eigenvalue weighted by Gasteiger charge is -2.28. The highest BCUT2D eigenvalue weighted by molar-refractivity contribution is 6.39. The molecule has 2 bridgehead atoms. The first-order valence-corrected chi connectivity index (χ1v) is 8.61. The fourth-order valence-electron chi connectivity index (χ4n) is 3.79. The lowest BCUT2D eigenvalue weighted by atomic mass is 10.1. The summed E-state index contributed by atoms with van der Waals surface area (Å²) >= 11 is 0. The number of nitrogens with one attached hydrogen (secondary N) is 1. The van der Waals surface area contributed by atoms with E-state index in [0.717, 1.165) is 44.5 Å². The summed E-state index contributed by atoms with van der Waals surface area (Å²) in [5.41, 5.74) is 1.08. The zero-order chi connectivity index (χ0) is 17.3. The van der Waals surface area contributed by atoms with E-state index < -0.39 is 17.6 Å². The molecule has 0 radical (unpaired) electrons. The van der Waals surface area contributed by atoms with Crippen molar-refractivity contribution >= 4 is 17.5 Å². The normalized spacial score (nSPS) is 23.9. The molecule has 1 N–H and O–H groups in total. The fourth-order valence-corrected chi connectivity index (χ4v) is 3.79. The number of carbonyl (C=O) groups is 2. The molecule has 2 aliphatic heterocycles. The number of carbonyl (C=O) groups excluding carboxylic acids is 2. The van der Waals surface area contributed by atoms with E-state index in [0.29, 0.717) is 5.69 Å². The van der Waals surface area contributed by atoms with Crippen LogP contribution in [0.2, 0.25) is 0 Å². The molecule has 24 heavy (non-hydrogen) atoms. The summed E-state index contributed by atoms with van der Waals surface area (Å²) in [5.74, 6) is -1.61. The molecular weight excluding hydrogens is 309 g/mol. The van der Waals surface area contributed by atoms with E-state index in [1.165, 1.54) is 12.1 Å². The average Bonchev–Trinajstić information content (AvgIpc) is 2.85. The van der Waals surface area contributed by atoms with Gasteiger partial charge in [-0.1, -0.05) is 13.0 Å². The zero-order valence-corrected chi connectivity index (χ0v) is 14.2. The van der Waals surface area contributed by atoms with Gasteiger partial charge in [0.15, 0.2) is 0 Å². The molecule has 0 saturated carbocycles. The molecule has 0 aromatic heterocycles. The molecule has 0 spiro atoms. The summed E-state index contributed by atoms with van der Waals surface area (Å²) in [6, 6.07) is 4.41.